The minimum absolute atomic E-state index is 0.250. The van der Waals surface area contributed by atoms with E-state index in [9.17, 15) is 4.79 Å². The van der Waals surface area contributed by atoms with Gasteiger partial charge in [0, 0.05) is 17.3 Å². The van der Waals surface area contributed by atoms with Crippen molar-refractivity contribution >= 4 is 23.5 Å². The summed E-state index contributed by atoms with van der Waals surface area (Å²) >= 11 is 1.61. The highest BCUT2D eigenvalue weighted by molar-refractivity contribution is 7.13. The number of aromatic nitrogens is 2. The van der Waals surface area contributed by atoms with Gasteiger partial charge in [-0.2, -0.15) is 10.2 Å². The Bertz CT molecular complexity index is 1050. The third-order valence-electron chi connectivity index (χ3n) is 3.92. The first-order valence-corrected chi connectivity index (χ1v) is 9.26. The van der Waals surface area contributed by atoms with Crippen LogP contribution in [0.3, 0.4) is 0 Å². The van der Waals surface area contributed by atoms with Crippen molar-refractivity contribution in [3.8, 4) is 16.3 Å². The fraction of sp³-hybridized carbons (Fsp3) is 0. The molecule has 0 aliphatic rings. The summed E-state index contributed by atoms with van der Waals surface area (Å²) in [6.07, 6.45) is 3.53. The lowest BCUT2D eigenvalue weighted by Gasteiger charge is -1.99. The maximum absolute atomic E-state index is 12.1. The summed E-state index contributed by atoms with van der Waals surface area (Å²) in [5.74, 6) is -0.250. The Morgan fingerprint density at radius 3 is 2.44 bits per heavy atom. The zero-order valence-electron chi connectivity index (χ0n) is 14.3. The molecule has 1 amide bonds. The van der Waals surface area contributed by atoms with Crippen molar-refractivity contribution in [1.29, 1.82) is 0 Å². The van der Waals surface area contributed by atoms with E-state index in [2.05, 4.69) is 10.5 Å². The smallest absolute Gasteiger partial charge is 0.267 e. The first kappa shape index (κ1) is 16.9. The van der Waals surface area contributed by atoms with Crippen LogP contribution in [-0.4, -0.2) is 21.9 Å². The first-order chi connectivity index (χ1) is 13.3. The van der Waals surface area contributed by atoms with E-state index in [1.165, 1.54) is 0 Å². The lowest BCUT2D eigenvalue weighted by molar-refractivity contribution is 0.0955. The molecule has 27 heavy (non-hydrogen) atoms. The van der Waals surface area contributed by atoms with Gasteiger partial charge in [-0.15, -0.1) is 11.3 Å². The molecule has 0 aliphatic carbocycles. The van der Waals surface area contributed by atoms with Gasteiger partial charge in [-0.1, -0.05) is 42.5 Å². The lowest BCUT2D eigenvalue weighted by atomic mass is 10.2. The van der Waals surface area contributed by atoms with Crippen molar-refractivity contribution < 1.29 is 4.79 Å². The van der Waals surface area contributed by atoms with Crippen LogP contribution in [0.15, 0.2) is 89.5 Å². The number of rotatable bonds is 5. The molecule has 2 aromatic carbocycles. The second-order valence-electron chi connectivity index (χ2n) is 5.76. The Morgan fingerprint density at radius 2 is 1.74 bits per heavy atom. The molecule has 1 N–H and O–H groups in total. The number of nitrogens with one attached hydrogen (secondary N) is 1. The topological polar surface area (TPSA) is 59.3 Å². The van der Waals surface area contributed by atoms with Gasteiger partial charge in [0.2, 0.25) is 0 Å². The third kappa shape index (κ3) is 3.86. The molecule has 0 unspecified atom stereocenters. The number of hydrogen-bond donors (Lipinski definition) is 1. The number of nitrogens with zero attached hydrogens (tertiary/aromatic N) is 3. The van der Waals surface area contributed by atoms with Crippen LogP contribution in [-0.2, 0) is 0 Å². The van der Waals surface area contributed by atoms with Crippen LogP contribution in [0.2, 0.25) is 0 Å². The van der Waals surface area contributed by atoms with Crippen molar-refractivity contribution in [1.82, 2.24) is 15.2 Å². The van der Waals surface area contributed by atoms with Crippen LogP contribution < -0.4 is 5.43 Å². The van der Waals surface area contributed by atoms with Gasteiger partial charge in [0.25, 0.3) is 5.91 Å². The average Bonchev–Trinajstić information content (AvgIpc) is 3.39. The van der Waals surface area contributed by atoms with E-state index in [1.807, 2.05) is 76.9 Å². The summed E-state index contributed by atoms with van der Waals surface area (Å²) in [6.45, 7) is 0. The molecular formula is C21H16N4OS. The fourth-order valence-electron chi connectivity index (χ4n) is 2.61. The standard InChI is InChI=1S/C21H16N4OS/c26-21(16-8-3-1-4-9-16)23-22-14-17-15-25(18-10-5-2-6-11-18)24-20(17)19-12-7-13-27-19/h1-15H,(H,23,26)/b22-14-. The summed E-state index contributed by atoms with van der Waals surface area (Å²) < 4.78 is 1.81. The van der Waals surface area contributed by atoms with Crippen LogP contribution in [0.25, 0.3) is 16.3 Å². The summed E-state index contributed by atoms with van der Waals surface area (Å²) in [5, 5.41) is 10.8. The minimum atomic E-state index is -0.250. The molecule has 0 fully saturated rings. The maximum Gasteiger partial charge on any atom is 0.271 e. The van der Waals surface area contributed by atoms with E-state index >= 15 is 0 Å². The molecule has 0 spiro atoms. The summed E-state index contributed by atoms with van der Waals surface area (Å²) in [7, 11) is 0. The normalized spacial score (nSPS) is 11.0. The van der Waals surface area contributed by atoms with Crippen LogP contribution in [0.5, 0.6) is 0 Å². The van der Waals surface area contributed by atoms with Crippen molar-refractivity contribution in [3.63, 3.8) is 0 Å². The van der Waals surface area contributed by atoms with Crippen molar-refractivity contribution in [2.24, 2.45) is 5.10 Å². The lowest BCUT2D eigenvalue weighted by Crippen LogP contribution is -2.17. The SMILES string of the molecule is O=C(N/N=C\c1cn(-c2ccccc2)nc1-c1cccs1)c1ccccc1. The minimum Gasteiger partial charge on any atom is -0.267 e. The Labute approximate surface area is 160 Å². The number of carbonyl (C=O) groups is 1. The number of benzene rings is 2. The molecule has 132 valence electrons. The van der Waals surface area contributed by atoms with Gasteiger partial charge < -0.3 is 0 Å². The predicted molar refractivity (Wildman–Crippen MR) is 108 cm³/mol. The highest BCUT2D eigenvalue weighted by Gasteiger charge is 2.12. The maximum atomic E-state index is 12.1. The van der Waals surface area contributed by atoms with Gasteiger partial charge in [0.15, 0.2) is 0 Å². The van der Waals surface area contributed by atoms with Gasteiger partial charge in [0.1, 0.15) is 5.69 Å². The third-order valence-corrected chi connectivity index (χ3v) is 4.80. The molecule has 6 heteroatoms. The zero-order valence-corrected chi connectivity index (χ0v) is 15.1. The Kier molecular flexibility index (Phi) is 4.89. The van der Waals surface area contributed by atoms with Crippen LogP contribution in [0.1, 0.15) is 15.9 Å². The molecule has 0 saturated heterocycles. The predicted octanol–water partition coefficient (Wildman–Crippen LogP) is 4.36. The van der Waals surface area contributed by atoms with Gasteiger partial charge in [-0.25, -0.2) is 10.1 Å². The van der Waals surface area contributed by atoms with E-state index < -0.39 is 0 Å². The van der Waals surface area contributed by atoms with E-state index in [1.54, 1.807) is 29.7 Å². The van der Waals surface area contributed by atoms with Gasteiger partial charge >= 0.3 is 0 Å². The zero-order chi connectivity index (χ0) is 18.5. The first-order valence-electron chi connectivity index (χ1n) is 8.39. The van der Waals surface area contributed by atoms with Gasteiger partial charge in [-0.05, 0) is 35.7 Å². The van der Waals surface area contributed by atoms with Gasteiger partial charge in [-0.3, -0.25) is 4.79 Å². The second-order valence-corrected chi connectivity index (χ2v) is 6.70. The van der Waals surface area contributed by atoms with Crippen molar-refractivity contribution in [2.45, 2.75) is 0 Å². The second kappa shape index (κ2) is 7.80. The molecule has 0 aliphatic heterocycles. The van der Waals surface area contributed by atoms with Crippen molar-refractivity contribution in [3.05, 3.63) is 95.5 Å². The molecule has 2 heterocycles. The Hall–Kier alpha value is -3.51. The fourth-order valence-corrected chi connectivity index (χ4v) is 3.35. The Morgan fingerprint density at radius 1 is 1.00 bits per heavy atom. The number of hydrogen-bond acceptors (Lipinski definition) is 4. The highest BCUT2D eigenvalue weighted by Crippen LogP contribution is 2.26. The van der Waals surface area contributed by atoms with E-state index in [4.69, 9.17) is 5.10 Å². The number of amides is 1. The summed E-state index contributed by atoms with van der Waals surface area (Å²) in [4.78, 5) is 13.2. The molecule has 4 rings (SSSR count). The largest absolute Gasteiger partial charge is 0.271 e. The highest BCUT2D eigenvalue weighted by atomic mass is 32.1. The molecule has 4 aromatic rings. The number of para-hydroxylation sites is 1. The van der Waals surface area contributed by atoms with E-state index in [0.29, 0.717) is 5.56 Å². The van der Waals surface area contributed by atoms with Crippen LogP contribution in [0, 0.1) is 0 Å². The van der Waals surface area contributed by atoms with E-state index in [-0.39, 0.29) is 5.91 Å². The quantitative estimate of drug-likeness (QED) is 0.418. The molecule has 0 bridgehead atoms. The summed E-state index contributed by atoms with van der Waals surface area (Å²) in [6, 6.07) is 22.9. The monoisotopic (exact) mass is 372 g/mol. The van der Waals surface area contributed by atoms with Crippen LogP contribution in [0.4, 0.5) is 0 Å². The molecular weight excluding hydrogens is 356 g/mol. The molecule has 0 saturated carbocycles. The molecule has 0 atom stereocenters. The molecule has 2 aromatic heterocycles. The Balaban J connectivity index is 1.61. The van der Waals surface area contributed by atoms with Crippen LogP contribution >= 0.6 is 11.3 Å². The number of thiophene rings is 1. The number of carbonyl (C=O) groups excluding carboxylic acids is 1. The summed E-state index contributed by atoms with van der Waals surface area (Å²) in [5.41, 5.74) is 5.74. The van der Waals surface area contributed by atoms with E-state index in [0.717, 1.165) is 21.8 Å². The molecule has 5 nitrogen and oxygen atoms in total. The number of hydrazone groups is 1. The average molecular weight is 372 g/mol. The molecule has 0 radical (unpaired) electrons. The van der Waals surface area contributed by atoms with Crippen molar-refractivity contribution in [2.75, 3.05) is 0 Å². The van der Waals surface area contributed by atoms with Gasteiger partial charge in [0.05, 0.1) is 16.8 Å².